The second-order valence-electron chi connectivity index (χ2n) is 4.84. The van der Waals surface area contributed by atoms with Gasteiger partial charge in [-0.05, 0) is 23.8 Å². The fourth-order valence-corrected chi connectivity index (χ4v) is 1.72. The van der Waals surface area contributed by atoms with Crippen LogP contribution < -0.4 is 5.11 Å². The molecule has 0 N–H and O–H groups in total. The molecule has 2 nitrogen and oxygen atoms in total. The van der Waals surface area contributed by atoms with Crippen LogP contribution in [0.2, 0.25) is 0 Å². The highest BCUT2D eigenvalue weighted by atomic mass is 19.4. The van der Waals surface area contributed by atoms with Crippen molar-refractivity contribution >= 4 is 11.5 Å². The number of carbonyl (C=O) groups excluding carboxylic acids is 1. The highest BCUT2D eigenvalue weighted by molar-refractivity contribution is 6.02. The van der Waals surface area contributed by atoms with E-state index in [0.29, 0.717) is 0 Å². The summed E-state index contributed by atoms with van der Waals surface area (Å²) in [7, 11) is 0. The summed E-state index contributed by atoms with van der Waals surface area (Å²) in [5.41, 5.74) is -10.9. The highest BCUT2D eigenvalue weighted by Gasteiger charge is 2.76. The van der Waals surface area contributed by atoms with Gasteiger partial charge in [-0.25, -0.2) is 13.2 Å². The summed E-state index contributed by atoms with van der Waals surface area (Å²) >= 11 is 0. The lowest BCUT2D eigenvalue weighted by Crippen LogP contribution is -2.58. The van der Waals surface area contributed by atoms with E-state index in [1.54, 1.807) is 0 Å². The van der Waals surface area contributed by atoms with E-state index < -0.39 is 76.7 Å². The third kappa shape index (κ3) is 4.13. The molecule has 0 heterocycles. The summed E-state index contributed by atoms with van der Waals surface area (Å²) in [6.45, 7) is 0. The Morgan fingerprint density at radius 2 is 1.22 bits per heavy atom. The molecule has 152 valence electrons. The number of rotatable bonds is 3. The third-order valence-corrected chi connectivity index (χ3v) is 3.01. The average molecular weight is 419 g/mol. The van der Waals surface area contributed by atoms with Gasteiger partial charge in [0.15, 0.2) is 11.6 Å². The van der Waals surface area contributed by atoms with E-state index in [2.05, 4.69) is 0 Å². The van der Waals surface area contributed by atoms with E-state index in [-0.39, 0.29) is 0 Å². The van der Waals surface area contributed by atoms with Crippen molar-refractivity contribution in [3.05, 3.63) is 41.0 Å². The standard InChI is InChI=1S/C13H4F12O2/c14-6-1-4(5(2-7(6)15)11(17,18)19)8(26)3-9(27)10(16,12(20,21)22)13(23,24)25/h1-3,26H/p-1/b8-3-. The van der Waals surface area contributed by atoms with E-state index in [9.17, 15) is 62.6 Å². The summed E-state index contributed by atoms with van der Waals surface area (Å²) in [5, 5.41) is 11.5. The van der Waals surface area contributed by atoms with Crippen LogP contribution in [0.25, 0.3) is 5.76 Å². The molecular formula is C13H3F12O2-. The lowest BCUT2D eigenvalue weighted by Gasteiger charge is -2.28. The van der Waals surface area contributed by atoms with Crippen LogP contribution in [-0.2, 0) is 11.0 Å². The zero-order valence-corrected chi connectivity index (χ0v) is 12.1. The minimum Gasteiger partial charge on any atom is -0.872 e. The van der Waals surface area contributed by atoms with Crippen LogP contribution in [0.15, 0.2) is 18.2 Å². The zero-order valence-electron chi connectivity index (χ0n) is 12.1. The van der Waals surface area contributed by atoms with Gasteiger partial charge in [-0.2, -0.15) is 39.5 Å². The molecule has 0 unspecified atom stereocenters. The molecule has 0 aliphatic heterocycles. The molecule has 0 bridgehead atoms. The maximum atomic E-state index is 13.4. The monoisotopic (exact) mass is 419 g/mol. The summed E-state index contributed by atoms with van der Waals surface area (Å²) in [5.74, 6) is -10.4. The van der Waals surface area contributed by atoms with Crippen molar-refractivity contribution in [2.45, 2.75) is 24.2 Å². The van der Waals surface area contributed by atoms with E-state index in [4.69, 9.17) is 0 Å². The van der Waals surface area contributed by atoms with Crippen molar-refractivity contribution in [2.24, 2.45) is 0 Å². The summed E-state index contributed by atoms with van der Waals surface area (Å²) in [6, 6.07) is -1.12. The molecule has 0 aliphatic carbocycles. The topological polar surface area (TPSA) is 40.1 Å². The predicted octanol–water partition coefficient (Wildman–Crippen LogP) is 4.09. The molecule has 0 aliphatic rings. The Morgan fingerprint density at radius 1 is 0.815 bits per heavy atom. The number of carbonyl (C=O) groups is 1. The maximum Gasteiger partial charge on any atom is 0.439 e. The Hall–Kier alpha value is -2.41. The Balaban J connectivity index is 3.62. The lowest BCUT2D eigenvalue weighted by molar-refractivity contribution is -0.323. The first-order valence-electron chi connectivity index (χ1n) is 6.16. The first-order chi connectivity index (χ1) is 11.8. The normalized spacial score (nSPS) is 14.4. The largest absolute Gasteiger partial charge is 0.872 e. The Kier molecular flexibility index (Phi) is 5.56. The van der Waals surface area contributed by atoms with Crippen molar-refractivity contribution < 1.29 is 62.6 Å². The molecule has 1 rings (SSSR count). The fourth-order valence-electron chi connectivity index (χ4n) is 1.72. The molecule has 0 radical (unpaired) electrons. The fraction of sp³-hybridized carbons (Fsp3) is 0.308. The van der Waals surface area contributed by atoms with Gasteiger partial charge in [0, 0.05) is 0 Å². The van der Waals surface area contributed by atoms with Gasteiger partial charge in [0.25, 0.3) is 0 Å². The summed E-state index contributed by atoms with van der Waals surface area (Å²) < 4.78 is 152. The molecule has 27 heavy (non-hydrogen) atoms. The zero-order chi connectivity index (χ0) is 21.6. The maximum absolute atomic E-state index is 13.4. The predicted molar refractivity (Wildman–Crippen MR) is 60.3 cm³/mol. The van der Waals surface area contributed by atoms with Crippen molar-refractivity contribution in [3.8, 4) is 0 Å². The number of benzene rings is 1. The van der Waals surface area contributed by atoms with E-state index in [0.717, 1.165) is 0 Å². The summed E-state index contributed by atoms with van der Waals surface area (Å²) in [4.78, 5) is 11.1. The second-order valence-corrected chi connectivity index (χ2v) is 4.84. The van der Waals surface area contributed by atoms with Gasteiger partial charge in [-0.15, -0.1) is 0 Å². The molecule has 0 amide bonds. The molecule has 1 aromatic rings. The van der Waals surface area contributed by atoms with Crippen molar-refractivity contribution in [2.75, 3.05) is 0 Å². The Morgan fingerprint density at radius 3 is 1.59 bits per heavy atom. The van der Waals surface area contributed by atoms with Crippen molar-refractivity contribution in [1.29, 1.82) is 0 Å². The number of halogens is 12. The SMILES string of the molecule is O=C(/C=C(\[O-])c1cc(F)c(F)cc1C(F)(F)F)C(F)(C(F)(F)F)C(F)(F)F. The quantitative estimate of drug-likeness (QED) is 0.421. The minimum atomic E-state index is -6.92. The van der Waals surface area contributed by atoms with Crippen LogP contribution in [0, 0.1) is 11.6 Å². The van der Waals surface area contributed by atoms with Crippen molar-refractivity contribution in [3.63, 3.8) is 0 Å². The number of ketones is 1. The van der Waals surface area contributed by atoms with Gasteiger partial charge in [-0.3, -0.25) is 4.79 Å². The van der Waals surface area contributed by atoms with Crippen LogP contribution in [0.3, 0.4) is 0 Å². The van der Waals surface area contributed by atoms with E-state index >= 15 is 0 Å². The molecule has 0 saturated carbocycles. The number of hydrogen-bond acceptors (Lipinski definition) is 2. The Bertz CT molecular complexity index is 755. The average Bonchev–Trinajstić information content (AvgIpc) is 2.44. The molecule has 14 heteroatoms. The van der Waals surface area contributed by atoms with Gasteiger partial charge < -0.3 is 5.11 Å². The Labute approximate surface area is 140 Å². The number of alkyl halides is 10. The summed E-state index contributed by atoms with van der Waals surface area (Å²) in [6.07, 6.45) is -20.7. The van der Waals surface area contributed by atoms with E-state index in [1.807, 2.05) is 0 Å². The van der Waals surface area contributed by atoms with Gasteiger partial charge in [-0.1, -0.05) is 5.76 Å². The molecule has 1 aromatic carbocycles. The molecule has 0 fully saturated rings. The molecule has 0 atom stereocenters. The van der Waals surface area contributed by atoms with Crippen LogP contribution in [0.1, 0.15) is 11.1 Å². The third-order valence-electron chi connectivity index (χ3n) is 3.01. The van der Waals surface area contributed by atoms with Crippen LogP contribution in [0.5, 0.6) is 0 Å². The first-order valence-corrected chi connectivity index (χ1v) is 6.16. The van der Waals surface area contributed by atoms with Gasteiger partial charge in [0.2, 0.25) is 5.78 Å². The minimum absolute atomic E-state index is 0.509. The van der Waals surface area contributed by atoms with Crippen LogP contribution >= 0.6 is 0 Å². The molecular weight excluding hydrogens is 416 g/mol. The number of hydrogen-bond donors (Lipinski definition) is 0. The molecule has 0 aromatic heterocycles. The van der Waals surface area contributed by atoms with Crippen molar-refractivity contribution in [1.82, 2.24) is 0 Å². The van der Waals surface area contributed by atoms with Gasteiger partial charge >= 0.3 is 24.2 Å². The number of allylic oxidation sites excluding steroid dienone is 1. The van der Waals surface area contributed by atoms with Crippen LogP contribution in [0.4, 0.5) is 52.7 Å². The van der Waals surface area contributed by atoms with E-state index in [1.165, 1.54) is 0 Å². The molecule has 0 spiro atoms. The molecule has 0 saturated heterocycles. The highest BCUT2D eigenvalue weighted by Crippen LogP contribution is 2.47. The van der Waals surface area contributed by atoms with Gasteiger partial charge in [0.05, 0.1) is 5.56 Å². The van der Waals surface area contributed by atoms with Gasteiger partial charge in [0.1, 0.15) is 0 Å². The van der Waals surface area contributed by atoms with Crippen LogP contribution in [-0.4, -0.2) is 23.8 Å². The second kappa shape index (κ2) is 6.64. The lowest BCUT2D eigenvalue weighted by atomic mass is 9.96. The first kappa shape index (κ1) is 22.6. The smallest absolute Gasteiger partial charge is 0.439 e.